The van der Waals surface area contributed by atoms with Crippen LogP contribution in [-0.4, -0.2) is 20.6 Å². The summed E-state index contributed by atoms with van der Waals surface area (Å²) in [5, 5.41) is 10.8. The second-order valence-corrected chi connectivity index (χ2v) is 7.75. The molecule has 0 bridgehead atoms. The van der Waals surface area contributed by atoms with E-state index in [1.54, 1.807) is 20.8 Å². The SMILES string of the molecule is C[C@@H](N[S+]([O-])C(C)(C)C)c1cc([N+](=O)[O-])ccc1OC(F)(F)F. The van der Waals surface area contributed by atoms with Gasteiger partial charge in [-0.15, -0.1) is 17.9 Å². The van der Waals surface area contributed by atoms with Gasteiger partial charge < -0.3 is 9.29 Å². The van der Waals surface area contributed by atoms with Crippen LogP contribution in [0.3, 0.4) is 0 Å². The third-order valence-electron chi connectivity index (χ3n) is 2.74. The van der Waals surface area contributed by atoms with Crippen LogP contribution in [0.4, 0.5) is 18.9 Å². The van der Waals surface area contributed by atoms with E-state index in [0.717, 1.165) is 18.2 Å². The number of nitro benzene ring substituents is 1. The molecular weight excluding hydrogens is 337 g/mol. The number of non-ortho nitro benzene ring substituents is 1. The minimum absolute atomic E-state index is 0.103. The first-order valence-corrected chi connectivity index (χ1v) is 7.68. The maximum Gasteiger partial charge on any atom is 0.573 e. The number of rotatable bonds is 5. The lowest BCUT2D eigenvalue weighted by Crippen LogP contribution is -2.40. The summed E-state index contributed by atoms with van der Waals surface area (Å²) in [6.07, 6.45) is -4.94. The molecule has 1 N–H and O–H groups in total. The van der Waals surface area contributed by atoms with E-state index in [9.17, 15) is 27.8 Å². The van der Waals surface area contributed by atoms with Gasteiger partial charge in [0.15, 0.2) is 0 Å². The third kappa shape index (κ3) is 5.88. The highest BCUT2D eigenvalue weighted by molar-refractivity contribution is 7.90. The van der Waals surface area contributed by atoms with Crippen LogP contribution in [0, 0.1) is 10.1 Å². The predicted molar refractivity (Wildman–Crippen MR) is 79.2 cm³/mol. The Bertz CT molecular complexity index is 575. The largest absolute Gasteiger partial charge is 0.598 e. The molecule has 0 aliphatic carbocycles. The zero-order valence-electron chi connectivity index (χ0n) is 12.9. The van der Waals surface area contributed by atoms with Crippen molar-refractivity contribution in [1.29, 1.82) is 0 Å². The van der Waals surface area contributed by atoms with Gasteiger partial charge in [0.25, 0.3) is 5.69 Å². The molecule has 0 aromatic heterocycles. The highest BCUT2D eigenvalue weighted by Crippen LogP contribution is 2.34. The lowest BCUT2D eigenvalue weighted by atomic mass is 10.1. The van der Waals surface area contributed by atoms with Crippen molar-refractivity contribution >= 4 is 17.0 Å². The number of hydrogen-bond acceptors (Lipinski definition) is 5. The van der Waals surface area contributed by atoms with Crippen molar-refractivity contribution in [2.24, 2.45) is 0 Å². The molecule has 6 nitrogen and oxygen atoms in total. The fourth-order valence-electron chi connectivity index (χ4n) is 1.61. The van der Waals surface area contributed by atoms with Crippen molar-refractivity contribution in [2.75, 3.05) is 0 Å². The molecule has 2 atom stereocenters. The summed E-state index contributed by atoms with van der Waals surface area (Å²) in [7, 11) is 0. The van der Waals surface area contributed by atoms with Crippen LogP contribution in [-0.2, 0) is 11.4 Å². The zero-order valence-corrected chi connectivity index (χ0v) is 13.7. The van der Waals surface area contributed by atoms with Gasteiger partial charge in [0, 0.05) is 29.1 Å². The van der Waals surface area contributed by atoms with Crippen LogP contribution in [0.15, 0.2) is 18.2 Å². The molecular formula is C13H17F3N2O4S. The van der Waals surface area contributed by atoms with Crippen LogP contribution >= 0.6 is 0 Å². The predicted octanol–water partition coefficient (Wildman–Crippen LogP) is 3.61. The standard InChI is InChI=1S/C13H17F3N2O4S/c1-8(17-23(21)12(2,3)4)10-7-9(18(19)20)5-6-11(10)22-13(14,15)16/h5-8,17H,1-4H3/t8-,23?/m1/s1. The molecule has 0 aliphatic heterocycles. The highest BCUT2D eigenvalue weighted by Gasteiger charge is 2.35. The number of benzene rings is 1. The second-order valence-electron chi connectivity index (χ2n) is 5.75. The number of hydrogen-bond donors (Lipinski definition) is 1. The highest BCUT2D eigenvalue weighted by atomic mass is 32.2. The molecule has 0 saturated carbocycles. The second kappa shape index (κ2) is 6.93. The summed E-state index contributed by atoms with van der Waals surface area (Å²) in [5.41, 5.74) is -0.487. The monoisotopic (exact) mass is 354 g/mol. The molecule has 0 amide bonds. The van der Waals surface area contributed by atoms with Gasteiger partial charge in [0.1, 0.15) is 10.5 Å². The van der Waals surface area contributed by atoms with Crippen molar-refractivity contribution in [3.63, 3.8) is 0 Å². The smallest absolute Gasteiger partial charge is 0.573 e. The summed E-state index contributed by atoms with van der Waals surface area (Å²) >= 11 is -1.57. The third-order valence-corrected chi connectivity index (χ3v) is 4.42. The van der Waals surface area contributed by atoms with E-state index in [-0.39, 0.29) is 11.3 Å². The average molecular weight is 354 g/mol. The normalized spacial score (nSPS) is 15.1. The van der Waals surface area contributed by atoms with Gasteiger partial charge in [0.05, 0.1) is 11.0 Å². The van der Waals surface area contributed by atoms with Crippen molar-refractivity contribution in [3.8, 4) is 5.75 Å². The fourth-order valence-corrected chi connectivity index (χ4v) is 2.41. The zero-order chi connectivity index (χ0) is 18.0. The summed E-state index contributed by atoms with van der Waals surface area (Å²) in [5.74, 6) is -0.575. The Kier molecular flexibility index (Phi) is 5.89. The first kappa shape index (κ1) is 19.5. The average Bonchev–Trinajstić information content (AvgIpc) is 2.35. The molecule has 0 spiro atoms. The topological polar surface area (TPSA) is 87.5 Å². The number of alkyl halides is 3. The van der Waals surface area contributed by atoms with Gasteiger partial charge >= 0.3 is 6.36 Å². The maximum absolute atomic E-state index is 12.5. The molecule has 1 aromatic rings. The van der Waals surface area contributed by atoms with Crippen LogP contribution < -0.4 is 9.46 Å². The minimum atomic E-state index is -4.94. The van der Waals surface area contributed by atoms with Crippen LogP contribution in [0.25, 0.3) is 0 Å². The van der Waals surface area contributed by atoms with E-state index in [2.05, 4.69) is 9.46 Å². The number of halogens is 3. The number of ether oxygens (including phenoxy) is 1. The van der Waals surface area contributed by atoms with E-state index in [4.69, 9.17) is 0 Å². The van der Waals surface area contributed by atoms with Crippen molar-refractivity contribution in [3.05, 3.63) is 33.9 Å². The van der Waals surface area contributed by atoms with Crippen LogP contribution in [0.2, 0.25) is 0 Å². The molecule has 0 heterocycles. The van der Waals surface area contributed by atoms with Crippen LogP contribution in [0.1, 0.15) is 39.3 Å². The van der Waals surface area contributed by atoms with Crippen molar-refractivity contribution in [2.45, 2.75) is 44.8 Å². The molecule has 1 aromatic carbocycles. The molecule has 0 radical (unpaired) electrons. The molecule has 130 valence electrons. The fraction of sp³-hybridized carbons (Fsp3) is 0.538. The molecule has 0 saturated heterocycles. The Labute approximate surface area is 134 Å². The van der Waals surface area contributed by atoms with Gasteiger partial charge in [-0.25, -0.2) is 0 Å². The van der Waals surface area contributed by atoms with E-state index in [1.165, 1.54) is 6.92 Å². The lowest BCUT2D eigenvalue weighted by molar-refractivity contribution is -0.385. The molecule has 0 aliphatic rings. The first-order chi connectivity index (χ1) is 10.3. The maximum atomic E-state index is 12.5. The summed E-state index contributed by atoms with van der Waals surface area (Å²) in [6.45, 7) is 6.50. The van der Waals surface area contributed by atoms with E-state index in [1.807, 2.05) is 0 Å². The number of nitrogens with one attached hydrogen (secondary N) is 1. The first-order valence-electron chi connectivity index (χ1n) is 6.53. The summed E-state index contributed by atoms with van der Waals surface area (Å²) in [4.78, 5) is 10.1. The molecule has 10 heteroatoms. The van der Waals surface area contributed by atoms with E-state index >= 15 is 0 Å². The Morgan fingerprint density at radius 3 is 2.30 bits per heavy atom. The van der Waals surface area contributed by atoms with Gasteiger partial charge in [-0.05, 0) is 33.8 Å². The van der Waals surface area contributed by atoms with E-state index in [0.29, 0.717) is 0 Å². The van der Waals surface area contributed by atoms with Gasteiger partial charge in [-0.1, -0.05) is 0 Å². The van der Waals surface area contributed by atoms with Crippen molar-refractivity contribution in [1.82, 2.24) is 4.72 Å². The summed E-state index contributed by atoms with van der Waals surface area (Å²) < 4.78 is 55.3. The minimum Gasteiger partial charge on any atom is -0.598 e. The lowest BCUT2D eigenvalue weighted by Gasteiger charge is -2.27. The summed E-state index contributed by atoms with van der Waals surface area (Å²) in [6, 6.07) is 1.91. The molecule has 1 unspecified atom stereocenters. The number of nitrogens with zero attached hydrogens (tertiary/aromatic N) is 1. The van der Waals surface area contributed by atoms with E-state index < -0.39 is 39.2 Å². The van der Waals surface area contributed by atoms with Gasteiger partial charge in [-0.3, -0.25) is 10.1 Å². The van der Waals surface area contributed by atoms with Crippen LogP contribution in [0.5, 0.6) is 5.75 Å². The Balaban J connectivity index is 3.18. The van der Waals surface area contributed by atoms with Gasteiger partial charge in [0.2, 0.25) is 0 Å². The Morgan fingerprint density at radius 2 is 1.87 bits per heavy atom. The molecule has 0 fully saturated rings. The Hall–Kier alpha value is -1.52. The van der Waals surface area contributed by atoms with Gasteiger partial charge in [-0.2, -0.15) is 0 Å². The molecule has 23 heavy (non-hydrogen) atoms. The Morgan fingerprint density at radius 1 is 1.30 bits per heavy atom. The quantitative estimate of drug-likeness (QED) is 0.496. The molecule has 1 rings (SSSR count). The van der Waals surface area contributed by atoms with Crippen molar-refractivity contribution < 1.29 is 27.4 Å². The number of nitro groups is 1.